The third kappa shape index (κ3) is 3.26. The molecule has 0 atom stereocenters. The highest BCUT2D eigenvalue weighted by Crippen LogP contribution is 2.26. The van der Waals surface area contributed by atoms with E-state index in [0.717, 1.165) is 63.1 Å². The monoisotopic (exact) mass is 362 g/mol. The maximum atomic E-state index is 5.61. The van der Waals surface area contributed by atoms with E-state index in [1.165, 1.54) is 11.1 Å². The van der Waals surface area contributed by atoms with E-state index >= 15 is 0 Å². The van der Waals surface area contributed by atoms with Gasteiger partial charge < -0.3 is 9.64 Å². The van der Waals surface area contributed by atoms with Crippen molar-refractivity contribution in [1.82, 2.24) is 25.1 Å². The zero-order chi connectivity index (χ0) is 18.1. The van der Waals surface area contributed by atoms with Crippen LogP contribution in [-0.4, -0.2) is 57.9 Å². The van der Waals surface area contributed by atoms with Crippen LogP contribution in [0.15, 0.2) is 48.5 Å². The van der Waals surface area contributed by atoms with Crippen molar-refractivity contribution in [2.45, 2.75) is 13.0 Å². The minimum atomic E-state index is 0.813. The van der Waals surface area contributed by atoms with Crippen LogP contribution in [0.2, 0.25) is 0 Å². The molecule has 0 bridgehead atoms. The SMILES string of the molecule is c1ccc(-n2nnnc2N2CCN(Cc3ccc4c(c3)CCO4)CC2)cc1. The zero-order valence-electron chi connectivity index (χ0n) is 15.2. The molecule has 7 nitrogen and oxygen atoms in total. The summed E-state index contributed by atoms with van der Waals surface area (Å²) in [5.41, 5.74) is 3.69. The van der Waals surface area contributed by atoms with Gasteiger partial charge in [-0.15, -0.1) is 0 Å². The summed E-state index contributed by atoms with van der Waals surface area (Å²) >= 11 is 0. The van der Waals surface area contributed by atoms with E-state index in [1.807, 2.05) is 35.0 Å². The van der Waals surface area contributed by atoms with Gasteiger partial charge in [0, 0.05) is 39.1 Å². The fourth-order valence-corrected chi connectivity index (χ4v) is 3.82. The standard InChI is InChI=1S/C20H22N6O/c1-2-4-18(5-3-1)26-20(21-22-23-26)25-11-9-24(10-12-25)15-16-6-7-19-17(14-16)8-13-27-19/h1-7,14H,8-13,15H2. The molecule has 0 saturated carbocycles. The van der Waals surface area contributed by atoms with Crippen LogP contribution in [0.25, 0.3) is 5.69 Å². The number of hydrogen-bond acceptors (Lipinski definition) is 6. The molecular formula is C20H22N6O. The van der Waals surface area contributed by atoms with Crippen molar-refractivity contribution in [1.29, 1.82) is 0 Å². The minimum absolute atomic E-state index is 0.813. The molecule has 2 aliphatic heterocycles. The lowest BCUT2D eigenvalue weighted by molar-refractivity contribution is 0.248. The number of anilines is 1. The fourth-order valence-electron chi connectivity index (χ4n) is 3.82. The fraction of sp³-hybridized carbons (Fsp3) is 0.350. The smallest absolute Gasteiger partial charge is 0.250 e. The van der Waals surface area contributed by atoms with E-state index in [-0.39, 0.29) is 0 Å². The number of nitrogens with zero attached hydrogens (tertiary/aromatic N) is 6. The second kappa shape index (κ2) is 7.00. The number of benzene rings is 2. The van der Waals surface area contributed by atoms with Gasteiger partial charge in [-0.3, -0.25) is 4.90 Å². The number of tetrazole rings is 1. The molecule has 3 aromatic rings. The van der Waals surface area contributed by atoms with E-state index < -0.39 is 0 Å². The number of para-hydroxylation sites is 1. The molecule has 0 spiro atoms. The number of aromatic nitrogens is 4. The zero-order valence-corrected chi connectivity index (χ0v) is 15.2. The Morgan fingerprint density at radius 2 is 1.81 bits per heavy atom. The molecule has 138 valence electrons. The lowest BCUT2D eigenvalue weighted by Gasteiger charge is -2.34. The third-order valence-corrected chi connectivity index (χ3v) is 5.27. The molecule has 3 heterocycles. The summed E-state index contributed by atoms with van der Waals surface area (Å²) in [6.07, 6.45) is 1.03. The molecule has 7 heteroatoms. The van der Waals surface area contributed by atoms with Gasteiger partial charge in [0.2, 0.25) is 5.95 Å². The molecule has 0 amide bonds. The maximum absolute atomic E-state index is 5.61. The molecule has 2 aromatic carbocycles. The van der Waals surface area contributed by atoms with Gasteiger partial charge in [0.1, 0.15) is 5.75 Å². The summed E-state index contributed by atoms with van der Waals surface area (Å²) in [6.45, 7) is 5.62. The Kier molecular flexibility index (Phi) is 4.21. The molecule has 27 heavy (non-hydrogen) atoms. The van der Waals surface area contributed by atoms with Crippen molar-refractivity contribution >= 4 is 5.95 Å². The van der Waals surface area contributed by atoms with Gasteiger partial charge in [-0.2, -0.15) is 4.68 Å². The number of rotatable bonds is 4. The van der Waals surface area contributed by atoms with Crippen LogP contribution in [0.5, 0.6) is 5.75 Å². The molecule has 2 aliphatic rings. The maximum Gasteiger partial charge on any atom is 0.250 e. The first-order valence-electron chi connectivity index (χ1n) is 9.42. The summed E-state index contributed by atoms with van der Waals surface area (Å²) in [5, 5.41) is 12.3. The van der Waals surface area contributed by atoms with Crippen molar-refractivity contribution in [2.75, 3.05) is 37.7 Å². The number of piperazine rings is 1. The van der Waals surface area contributed by atoms with Crippen molar-refractivity contribution < 1.29 is 4.74 Å². The number of ether oxygens (including phenoxy) is 1. The van der Waals surface area contributed by atoms with Crippen molar-refractivity contribution in [2.24, 2.45) is 0 Å². The van der Waals surface area contributed by atoms with Crippen LogP contribution in [0, 0.1) is 0 Å². The third-order valence-electron chi connectivity index (χ3n) is 5.27. The molecule has 1 fully saturated rings. The summed E-state index contributed by atoms with van der Waals surface area (Å²) in [5.74, 6) is 1.87. The molecule has 1 aromatic heterocycles. The Balaban J connectivity index is 1.24. The van der Waals surface area contributed by atoms with E-state index in [9.17, 15) is 0 Å². The highest BCUT2D eigenvalue weighted by Gasteiger charge is 2.22. The predicted molar refractivity (Wildman–Crippen MR) is 102 cm³/mol. The van der Waals surface area contributed by atoms with Crippen LogP contribution < -0.4 is 9.64 Å². The number of fused-ring (bicyclic) bond motifs is 1. The van der Waals surface area contributed by atoms with Gasteiger partial charge >= 0.3 is 0 Å². The normalized spacial score (nSPS) is 17.0. The van der Waals surface area contributed by atoms with Crippen molar-refractivity contribution in [3.8, 4) is 11.4 Å². The average molecular weight is 362 g/mol. The van der Waals surface area contributed by atoms with Crippen LogP contribution in [0.3, 0.4) is 0 Å². The first-order chi connectivity index (χ1) is 13.4. The minimum Gasteiger partial charge on any atom is -0.493 e. The first kappa shape index (κ1) is 16.3. The quantitative estimate of drug-likeness (QED) is 0.707. The Hall–Kier alpha value is -2.93. The van der Waals surface area contributed by atoms with E-state index in [1.54, 1.807) is 0 Å². The lowest BCUT2D eigenvalue weighted by atomic mass is 10.1. The van der Waals surface area contributed by atoms with Crippen LogP contribution >= 0.6 is 0 Å². The predicted octanol–water partition coefficient (Wildman–Crippen LogP) is 1.92. The highest BCUT2D eigenvalue weighted by atomic mass is 16.5. The summed E-state index contributed by atoms with van der Waals surface area (Å²) < 4.78 is 7.42. The van der Waals surface area contributed by atoms with Crippen molar-refractivity contribution in [3.05, 3.63) is 59.7 Å². The van der Waals surface area contributed by atoms with Gasteiger partial charge in [0.05, 0.1) is 12.3 Å². The summed E-state index contributed by atoms with van der Waals surface area (Å²) in [7, 11) is 0. The molecule has 0 radical (unpaired) electrons. The Labute approximate surface area is 158 Å². The lowest BCUT2D eigenvalue weighted by Crippen LogP contribution is -2.46. The molecule has 5 rings (SSSR count). The molecule has 0 unspecified atom stereocenters. The van der Waals surface area contributed by atoms with Gasteiger partial charge in [-0.05, 0) is 39.8 Å². The van der Waals surface area contributed by atoms with E-state index in [2.05, 4.69) is 43.5 Å². The molecular weight excluding hydrogens is 340 g/mol. The van der Waals surface area contributed by atoms with Crippen LogP contribution in [0.4, 0.5) is 5.95 Å². The van der Waals surface area contributed by atoms with Gasteiger partial charge in [0.15, 0.2) is 0 Å². The average Bonchev–Trinajstić information content (AvgIpc) is 3.38. The van der Waals surface area contributed by atoms with Gasteiger partial charge in [-0.1, -0.05) is 35.4 Å². The summed E-state index contributed by atoms with van der Waals surface area (Å²) in [4.78, 5) is 4.75. The Morgan fingerprint density at radius 1 is 0.963 bits per heavy atom. The summed E-state index contributed by atoms with van der Waals surface area (Å²) in [6, 6.07) is 16.6. The second-order valence-electron chi connectivity index (χ2n) is 7.03. The van der Waals surface area contributed by atoms with Gasteiger partial charge in [0.25, 0.3) is 0 Å². The van der Waals surface area contributed by atoms with E-state index in [0.29, 0.717) is 0 Å². The first-order valence-corrected chi connectivity index (χ1v) is 9.42. The van der Waals surface area contributed by atoms with Crippen molar-refractivity contribution in [3.63, 3.8) is 0 Å². The van der Waals surface area contributed by atoms with Crippen LogP contribution in [0.1, 0.15) is 11.1 Å². The molecule has 0 aliphatic carbocycles. The second-order valence-corrected chi connectivity index (χ2v) is 7.03. The van der Waals surface area contributed by atoms with Gasteiger partial charge in [-0.25, -0.2) is 0 Å². The molecule has 1 saturated heterocycles. The Morgan fingerprint density at radius 3 is 2.67 bits per heavy atom. The highest BCUT2D eigenvalue weighted by molar-refractivity contribution is 5.41. The Bertz CT molecular complexity index is 917. The number of hydrogen-bond donors (Lipinski definition) is 0. The largest absolute Gasteiger partial charge is 0.493 e. The topological polar surface area (TPSA) is 59.3 Å². The van der Waals surface area contributed by atoms with Crippen LogP contribution in [-0.2, 0) is 13.0 Å². The van der Waals surface area contributed by atoms with E-state index in [4.69, 9.17) is 4.74 Å². The molecule has 0 N–H and O–H groups in total.